The average molecular weight is 873 g/mol. The maximum atomic E-state index is 14.4. The van der Waals surface area contributed by atoms with Crippen molar-refractivity contribution in [3.8, 4) is 28.6 Å². The number of hydrogen-bond acceptors (Lipinski definition) is 13. The normalized spacial score (nSPS) is 23.9. The van der Waals surface area contributed by atoms with Gasteiger partial charge in [-0.15, -0.1) is 19.8 Å². The van der Waals surface area contributed by atoms with Crippen molar-refractivity contribution in [1.29, 1.82) is 0 Å². The summed E-state index contributed by atoms with van der Waals surface area (Å²) in [5, 5.41) is 6.89. The van der Waals surface area contributed by atoms with Gasteiger partial charge in [0.05, 0.1) is 24.1 Å². The first-order valence-electron chi connectivity index (χ1n) is 19.6. The highest BCUT2D eigenvalue weighted by Crippen LogP contribution is 2.53. The fourth-order valence-electron chi connectivity index (χ4n) is 7.70. The lowest BCUT2D eigenvalue weighted by Gasteiger charge is -2.34. The van der Waals surface area contributed by atoms with Gasteiger partial charge in [-0.3, -0.25) is 34.3 Å². The molecule has 7 rings (SSSR count). The Balaban J connectivity index is 1.22. The molecule has 1 saturated heterocycles. The number of hydrogen-bond donors (Lipinski definition) is 3. The van der Waals surface area contributed by atoms with E-state index in [0.717, 1.165) is 12.2 Å². The fraction of sp³-hybridized carbons (Fsp3) is 0.488. The number of nitrogens with zero attached hydrogens (tertiary/aromatic N) is 3. The lowest BCUT2D eigenvalue weighted by Crippen LogP contribution is -2.60. The fourth-order valence-corrected chi connectivity index (χ4v) is 9.91. The van der Waals surface area contributed by atoms with Crippen LogP contribution in [0.2, 0.25) is 0 Å². The van der Waals surface area contributed by atoms with Crippen molar-refractivity contribution in [1.82, 2.24) is 25.2 Å². The number of ether oxygens (including phenoxy) is 3. The van der Waals surface area contributed by atoms with Gasteiger partial charge in [0.2, 0.25) is 27.7 Å². The van der Waals surface area contributed by atoms with E-state index in [2.05, 4.69) is 31.7 Å². The van der Waals surface area contributed by atoms with Crippen LogP contribution in [0.3, 0.4) is 0 Å². The van der Waals surface area contributed by atoms with E-state index in [1.807, 2.05) is 20.8 Å². The number of alkyl halides is 3. The van der Waals surface area contributed by atoms with Crippen LogP contribution in [0.5, 0.6) is 17.4 Å². The number of aromatic nitrogens is 1. The number of aliphatic imine (C=N–C) groups is 1. The number of fused-ring (bicyclic) bond motifs is 1. The van der Waals surface area contributed by atoms with Crippen LogP contribution < -0.4 is 29.6 Å². The van der Waals surface area contributed by atoms with Gasteiger partial charge in [-0.1, -0.05) is 38.6 Å². The van der Waals surface area contributed by atoms with E-state index in [1.165, 1.54) is 43.1 Å². The Labute approximate surface area is 350 Å². The molecule has 3 fully saturated rings. The number of imide groups is 1. The molecule has 3 N–H and O–H groups in total. The Morgan fingerprint density at radius 3 is 2.38 bits per heavy atom. The third kappa shape index (κ3) is 9.37. The molecule has 2 aliphatic carbocycles. The van der Waals surface area contributed by atoms with Crippen molar-refractivity contribution in [3.05, 3.63) is 61.2 Å². The quantitative estimate of drug-likeness (QED) is 0.189. The molecule has 2 aromatic carbocycles. The van der Waals surface area contributed by atoms with Crippen molar-refractivity contribution in [2.45, 2.75) is 88.2 Å². The van der Waals surface area contributed by atoms with Crippen LogP contribution in [-0.4, -0.2) is 102 Å². The molecule has 4 aliphatic rings. The zero-order valence-corrected chi connectivity index (χ0v) is 35.1. The van der Waals surface area contributed by atoms with E-state index in [4.69, 9.17) is 14.5 Å². The Hall–Kier alpha value is -4.88. The summed E-state index contributed by atoms with van der Waals surface area (Å²) in [5.41, 5.74) is -1.36. The monoisotopic (exact) mass is 872 g/mol. The van der Waals surface area contributed by atoms with Gasteiger partial charge in [0.25, 0.3) is 5.91 Å². The number of amidine groups is 1. The number of methoxy groups -OCH3 is 1. The predicted molar refractivity (Wildman–Crippen MR) is 220 cm³/mol. The molecule has 5 atom stereocenters. The highest BCUT2D eigenvalue weighted by atomic mass is 32.2. The number of amides is 3. The molecule has 3 amide bonds. The minimum absolute atomic E-state index is 0.0312. The zero-order valence-electron chi connectivity index (χ0n) is 33.5. The summed E-state index contributed by atoms with van der Waals surface area (Å²) < 4.78 is 83.2. The predicted octanol–water partition coefficient (Wildman–Crippen LogP) is 5.32. The molecule has 0 bridgehead atoms. The summed E-state index contributed by atoms with van der Waals surface area (Å²) in [5.74, 6) is -1.56. The van der Waals surface area contributed by atoms with Gasteiger partial charge in [0, 0.05) is 42.1 Å². The number of pyridine rings is 1. The minimum Gasteiger partial charge on any atom is -0.497 e. The van der Waals surface area contributed by atoms with E-state index in [-0.39, 0.29) is 25.3 Å². The first-order valence-corrected chi connectivity index (χ1v) is 22.1. The van der Waals surface area contributed by atoms with Crippen molar-refractivity contribution in [3.63, 3.8) is 0 Å². The lowest BCUT2D eigenvalue weighted by atomic mass is 9.86. The van der Waals surface area contributed by atoms with Crippen molar-refractivity contribution < 1.29 is 50.2 Å². The molecule has 14 nitrogen and oxygen atoms in total. The van der Waals surface area contributed by atoms with Crippen molar-refractivity contribution >= 4 is 55.4 Å². The van der Waals surface area contributed by atoms with Gasteiger partial charge in [0.15, 0.2) is 5.17 Å². The second-order valence-corrected chi connectivity index (χ2v) is 19.5. The van der Waals surface area contributed by atoms with Crippen LogP contribution in [0.15, 0.2) is 66.2 Å². The second kappa shape index (κ2) is 16.5. The van der Waals surface area contributed by atoms with Crippen LogP contribution in [-0.2, 0) is 24.4 Å². The molecule has 3 heterocycles. The van der Waals surface area contributed by atoms with Gasteiger partial charge in [-0.25, -0.2) is 13.4 Å². The second-order valence-electron chi connectivity index (χ2n) is 16.4. The largest absolute Gasteiger partial charge is 0.573 e. The number of benzene rings is 2. The SMILES string of the molecule is C=C[C@@H]1C[C@@]1(C(=O)NS(=O)(=O)C1CC1)N1C[C@H](Oc2nc(-c3ccc(OC(F)(F)F)cc3)cc3cc(OC)ccc23)C[C@H]1C(=O)NC(=O)[C@@H](NC1=NCCCS1)C(C)(C)C. The molecular formula is C41H47F3N6O8S2. The third-order valence-corrected chi connectivity index (χ3v) is 13.9. The van der Waals surface area contributed by atoms with Crippen LogP contribution in [0.4, 0.5) is 13.2 Å². The first-order chi connectivity index (χ1) is 28.3. The van der Waals surface area contributed by atoms with Crippen LogP contribution >= 0.6 is 11.8 Å². The van der Waals surface area contributed by atoms with Crippen molar-refractivity contribution in [2.24, 2.45) is 16.3 Å². The third-order valence-electron chi connectivity index (χ3n) is 11.0. The van der Waals surface area contributed by atoms with E-state index in [1.54, 1.807) is 35.2 Å². The Morgan fingerprint density at radius 1 is 1.07 bits per heavy atom. The van der Waals surface area contributed by atoms with E-state index < -0.39 is 80.2 Å². The molecule has 322 valence electrons. The number of rotatable bonds is 13. The van der Waals surface area contributed by atoms with Gasteiger partial charge in [-0.05, 0) is 85.0 Å². The van der Waals surface area contributed by atoms with Crippen LogP contribution in [0, 0.1) is 11.3 Å². The summed E-state index contributed by atoms with van der Waals surface area (Å²) in [4.78, 5) is 53.5. The maximum absolute atomic E-state index is 14.4. The molecule has 0 radical (unpaired) electrons. The number of sulfonamides is 1. The average Bonchev–Trinajstić information content (AvgIpc) is 4.13. The van der Waals surface area contributed by atoms with Crippen LogP contribution in [0.25, 0.3) is 22.0 Å². The summed E-state index contributed by atoms with van der Waals surface area (Å²) in [7, 11) is -2.47. The number of thioether (sulfide) groups is 1. The van der Waals surface area contributed by atoms with E-state index in [9.17, 15) is 36.0 Å². The van der Waals surface area contributed by atoms with Gasteiger partial charge in [0.1, 0.15) is 29.2 Å². The van der Waals surface area contributed by atoms with Gasteiger partial charge >= 0.3 is 6.36 Å². The number of nitrogens with one attached hydrogen (secondary N) is 3. The molecular weight excluding hydrogens is 826 g/mol. The highest BCUT2D eigenvalue weighted by Gasteiger charge is 2.67. The Bertz CT molecular complexity index is 2320. The van der Waals surface area contributed by atoms with Crippen LogP contribution in [0.1, 0.15) is 52.9 Å². The Kier molecular flexibility index (Phi) is 11.9. The molecule has 19 heteroatoms. The standard InChI is InChI=1S/C41H47F3N6O8S2/c1-6-25-21-40(25,37(53)49-60(54,55)29-13-14-29)50-22-28(20-32(50)34(51)48-35(52)33(39(2,3)4)47-38-45-16-7-17-59-38)57-36-30-15-12-27(56-5)18-24(30)19-31(46-36)23-8-10-26(11-9-23)58-41(42,43)44/h6,8-12,15,18-19,25,28-29,32-33H,1,7,13-14,16-17,20-22H2,2-5H3,(H,45,47)(H,49,53)(H,48,51,52)/t25-,28-,32+,33-,40-/m1/s1. The number of carbonyl (C=O) groups excluding carboxylic acids is 3. The minimum atomic E-state index is -4.87. The first kappa shape index (κ1) is 43.2. The molecule has 0 spiro atoms. The molecule has 2 aliphatic heterocycles. The summed E-state index contributed by atoms with van der Waals surface area (Å²) in [6, 6.07) is 10.1. The summed E-state index contributed by atoms with van der Waals surface area (Å²) in [6.07, 6.45) is -2.25. The smallest absolute Gasteiger partial charge is 0.497 e. The topological polar surface area (TPSA) is 178 Å². The molecule has 0 unspecified atom stereocenters. The maximum Gasteiger partial charge on any atom is 0.573 e. The number of carbonyl (C=O) groups is 3. The zero-order chi connectivity index (χ0) is 43.2. The van der Waals surface area contributed by atoms with Gasteiger partial charge in [-0.2, -0.15) is 0 Å². The van der Waals surface area contributed by atoms with Crippen molar-refractivity contribution in [2.75, 3.05) is 26.0 Å². The van der Waals surface area contributed by atoms with E-state index >= 15 is 0 Å². The number of halogens is 3. The lowest BCUT2D eigenvalue weighted by molar-refractivity contribution is -0.274. The van der Waals surface area contributed by atoms with E-state index in [0.29, 0.717) is 52.3 Å². The molecule has 2 saturated carbocycles. The molecule has 1 aromatic heterocycles. The Morgan fingerprint density at radius 2 is 1.78 bits per heavy atom. The molecule has 60 heavy (non-hydrogen) atoms. The highest BCUT2D eigenvalue weighted by molar-refractivity contribution is 8.13. The summed E-state index contributed by atoms with van der Waals surface area (Å²) >= 11 is 1.49. The number of likely N-dealkylation sites (tertiary alicyclic amines) is 1. The molecule has 3 aromatic rings. The van der Waals surface area contributed by atoms with Gasteiger partial charge < -0.3 is 19.5 Å². The summed E-state index contributed by atoms with van der Waals surface area (Å²) in [6.45, 7) is 10.0.